The van der Waals surface area contributed by atoms with Crippen molar-refractivity contribution in [3.63, 3.8) is 0 Å². The van der Waals surface area contributed by atoms with Gasteiger partial charge in [-0.3, -0.25) is 0 Å². The van der Waals surface area contributed by atoms with Crippen LogP contribution in [0.3, 0.4) is 0 Å². The van der Waals surface area contributed by atoms with E-state index >= 15 is 0 Å². The van der Waals surface area contributed by atoms with Crippen molar-refractivity contribution in [3.8, 4) is 0 Å². The Hall–Kier alpha value is -1.36. The number of quaternary nitrogens is 1. The average Bonchev–Trinajstić information content (AvgIpc) is 2.31. The van der Waals surface area contributed by atoms with Crippen molar-refractivity contribution in [2.45, 2.75) is 27.7 Å². The number of carboxylic acid groups (broad SMARTS) is 2. The minimum absolute atomic E-state index is 0.558. The molecule has 0 spiro atoms. The third-order valence-electron chi connectivity index (χ3n) is 3.05. The fourth-order valence-corrected chi connectivity index (χ4v) is 1.48. The number of hydrogen-bond donors (Lipinski definition) is 2. The van der Waals surface area contributed by atoms with Crippen molar-refractivity contribution in [3.05, 3.63) is 12.2 Å². The molecule has 0 amide bonds. The molecular formula is C12H24NO4+. The van der Waals surface area contributed by atoms with Crippen LogP contribution in [0.25, 0.3) is 0 Å². The predicted molar refractivity (Wildman–Crippen MR) is 66.8 cm³/mol. The molecule has 0 rings (SSSR count). The van der Waals surface area contributed by atoms with Gasteiger partial charge in [0, 0.05) is 12.2 Å². The molecule has 0 aromatic heterocycles. The van der Waals surface area contributed by atoms with Crippen LogP contribution in [0.1, 0.15) is 27.7 Å². The first-order valence-electron chi connectivity index (χ1n) is 5.86. The molecule has 0 heterocycles. The van der Waals surface area contributed by atoms with Crippen molar-refractivity contribution in [2.75, 3.05) is 26.2 Å². The van der Waals surface area contributed by atoms with Gasteiger partial charge in [0.05, 0.1) is 26.2 Å². The second kappa shape index (κ2) is 9.84. The zero-order valence-corrected chi connectivity index (χ0v) is 11.1. The maximum Gasteiger partial charge on any atom is 0.328 e. The lowest BCUT2D eigenvalue weighted by atomic mass is 10.3. The highest BCUT2D eigenvalue weighted by atomic mass is 16.4. The van der Waals surface area contributed by atoms with Gasteiger partial charge in [0.15, 0.2) is 0 Å². The summed E-state index contributed by atoms with van der Waals surface area (Å²) in [7, 11) is 0. The van der Waals surface area contributed by atoms with Gasteiger partial charge >= 0.3 is 11.9 Å². The topological polar surface area (TPSA) is 74.6 Å². The molecule has 5 heteroatoms. The Morgan fingerprint density at radius 1 is 0.824 bits per heavy atom. The first-order chi connectivity index (χ1) is 7.87. The molecule has 17 heavy (non-hydrogen) atoms. The summed E-state index contributed by atoms with van der Waals surface area (Å²) in [4.78, 5) is 19.1. The first-order valence-corrected chi connectivity index (χ1v) is 5.86. The van der Waals surface area contributed by atoms with E-state index < -0.39 is 11.9 Å². The van der Waals surface area contributed by atoms with Crippen molar-refractivity contribution in [1.29, 1.82) is 0 Å². The highest BCUT2D eigenvalue weighted by molar-refractivity contribution is 5.89. The van der Waals surface area contributed by atoms with E-state index in [1.807, 2.05) is 0 Å². The Bertz CT molecular complexity index is 224. The van der Waals surface area contributed by atoms with E-state index in [2.05, 4.69) is 27.7 Å². The first kappa shape index (κ1) is 18.0. The molecule has 0 radical (unpaired) electrons. The summed E-state index contributed by atoms with van der Waals surface area (Å²) in [5.74, 6) is -2.51. The number of carbonyl (C=O) groups is 2. The molecular weight excluding hydrogens is 222 g/mol. The molecule has 2 N–H and O–H groups in total. The van der Waals surface area contributed by atoms with E-state index in [1.165, 1.54) is 30.7 Å². The smallest absolute Gasteiger partial charge is 0.328 e. The summed E-state index contributed by atoms with van der Waals surface area (Å²) in [5, 5.41) is 15.6. The van der Waals surface area contributed by atoms with Gasteiger partial charge in [0.1, 0.15) is 0 Å². The van der Waals surface area contributed by atoms with Crippen molar-refractivity contribution in [1.82, 2.24) is 0 Å². The van der Waals surface area contributed by atoms with Crippen molar-refractivity contribution in [2.24, 2.45) is 0 Å². The molecule has 0 aromatic rings. The van der Waals surface area contributed by atoms with E-state index in [0.29, 0.717) is 12.2 Å². The van der Waals surface area contributed by atoms with E-state index in [-0.39, 0.29) is 0 Å². The minimum atomic E-state index is -1.26. The Kier molecular flexibility index (Phi) is 10.4. The lowest BCUT2D eigenvalue weighted by Gasteiger charge is -2.34. The maximum atomic E-state index is 9.55. The molecule has 0 bridgehead atoms. The van der Waals surface area contributed by atoms with Crippen LogP contribution >= 0.6 is 0 Å². The van der Waals surface area contributed by atoms with Crippen molar-refractivity contribution < 1.29 is 24.3 Å². The SMILES string of the molecule is CC[N+](CC)(CC)CC.O=C(O)/C=C\C(=O)O. The standard InChI is InChI=1S/C8H20N.C4H4O4/c1-5-9(6-2,7-3)8-4;5-3(6)1-2-4(7)8/h5-8H2,1-4H3;1-2H,(H,5,6)(H,7,8)/q+1;/b;2-1-. The van der Waals surface area contributed by atoms with E-state index in [1.54, 1.807) is 0 Å². The molecule has 5 nitrogen and oxygen atoms in total. The molecule has 0 aliphatic carbocycles. The van der Waals surface area contributed by atoms with Gasteiger partial charge in [-0.15, -0.1) is 0 Å². The van der Waals surface area contributed by atoms with Gasteiger partial charge in [-0.2, -0.15) is 0 Å². The summed E-state index contributed by atoms with van der Waals surface area (Å²) in [5.41, 5.74) is 0. The summed E-state index contributed by atoms with van der Waals surface area (Å²) in [6, 6.07) is 0. The second-order valence-corrected chi connectivity index (χ2v) is 3.62. The summed E-state index contributed by atoms with van der Waals surface area (Å²) >= 11 is 0. The normalized spacial score (nSPS) is 10.8. The molecule has 0 unspecified atom stereocenters. The molecule has 0 saturated heterocycles. The lowest BCUT2D eigenvalue weighted by Crippen LogP contribution is -2.47. The van der Waals surface area contributed by atoms with Crippen LogP contribution in [0.4, 0.5) is 0 Å². The Balaban J connectivity index is 0. The zero-order valence-electron chi connectivity index (χ0n) is 11.1. The summed E-state index contributed by atoms with van der Waals surface area (Å²) in [6.45, 7) is 14.2. The third-order valence-corrected chi connectivity index (χ3v) is 3.05. The third kappa shape index (κ3) is 9.56. The van der Waals surface area contributed by atoms with Crippen LogP contribution in [0, 0.1) is 0 Å². The van der Waals surface area contributed by atoms with E-state index in [4.69, 9.17) is 10.2 Å². The van der Waals surface area contributed by atoms with Crippen molar-refractivity contribution >= 4 is 11.9 Å². The molecule has 0 aromatic carbocycles. The average molecular weight is 246 g/mol. The number of aliphatic carboxylic acids is 2. The number of carboxylic acids is 2. The monoisotopic (exact) mass is 246 g/mol. The highest BCUT2D eigenvalue weighted by Crippen LogP contribution is 2.03. The number of hydrogen-bond acceptors (Lipinski definition) is 2. The summed E-state index contributed by atoms with van der Waals surface area (Å²) in [6.07, 6.45) is 1.12. The maximum absolute atomic E-state index is 9.55. The van der Waals surface area contributed by atoms with Gasteiger partial charge in [-0.1, -0.05) is 0 Å². The van der Waals surface area contributed by atoms with Gasteiger partial charge in [0.25, 0.3) is 0 Å². The second-order valence-electron chi connectivity index (χ2n) is 3.62. The van der Waals surface area contributed by atoms with Crippen LogP contribution in [-0.4, -0.2) is 52.8 Å². The van der Waals surface area contributed by atoms with Crippen LogP contribution in [0.2, 0.25) is 0 Å². The Morgan fingerprint density at radius 2 is 1.06 bits per heavy atom. The fraction of sp³-hybridized carbons (Fsp3) is 0.667. The predicted octanol–water partition coefficient (Wildman–Crippen LogP) is 1.59. The lowest BCUT2D eigenvalue weighted by molar-refractivity contribution is -0.921. The Labute approximate surface area is 103 Å². The molecule has 0 aliphatic heterocycles. The van der Waals surface area contributed by atoms with Crippen LogP contribution in [0.5, 0.6) is 0 Å². The molecule has 0 fully saturated rings. The van der Waals surface area contributed by atoms with Gasteiger partial charge in [0.2, 0.25) is 0 Å². The van der Waals surface area contributed by atoms with Gasteiger partial charge in [-0.25, -0.2) is 9.59 Å². The van der Waals surface area contributed by atoms with Crippen LogP contribution < -0.4 is 0 Å². The largest absolute Gasteiger partial charge is 0.478 e. The molecule has 0 saturated carbocycles. The fourth-order valence-electron chi connectivity index (χ4n) is 1.48. The zero-order chi connectivity index (χ0) is 13.9. The minimum Gasteiger partial charge on any atom is -0.478 e. The van der Waals surface area contributed by atoms with E-state index in [9.17, 15) is 9.59 Å². The summed E-state index contributed by atoms with van der Waals surface area (Å²) < 4.78 is 1.28. The Morgan fingerprint density at radius 3 is 1.12 bits per heavy atom. The van der Waals surface area contributed by atoms with Gasteiger partial charge in [-0.05, 0) is 27.7 Å². The van der Waals surface area contributed by atoms with Crippen LogP contribution in [-0.2, 0) is 9.59 Å². The van der Waals surface area contributed by atoms with E-state index in [0.717, 1.165) is 0 Å². The highest BCUT2D eigenvalue weighted by Gasteiger charge is 2.16. The van der Waals surface area contributed by atoms with Gasteiger partial charge < -0.3 is 14.7 Å². The van der Waals surface area contributed by atoms with Crippen LogP contribution in [0.15, 0.2) is 12.2 Å². The molecule has 0 atom stereocenters. The molecule has 100 valence electrons. The number of rotatable bonds is 6. The molecule has 0 aliphatic rings. The quantitative estimate of drug-likeness (QED) is 0.551. The number of nitrogens with zero attached hydrogens (tertiary/aromatic N) is 1.